The molecule has 0 aromatic carbocycles. The number of ketones is 3. The molecule has 3 unspecified atom stereocenters. The van der Waals surface area contributed by atoms with E-state index in [2.05, 4.69) is 6.92 Å². The average molecular weight is 621 g/mol. The van der Waals surface area contributed by atoms with E-state index < -0.39 is 39.0 Å². The smallest absolute Gasteiger partial charge is 0.394 e. The molecule has 0 heterocycles. The molecule has 3 atom stereocenters. The Morgan fingerprint density at radius 1 is 0.833 bits per heavy atom. The summed E-state index contributed by atoms with van der Waals surface area (Å²) in [5.74, 6) is -0.404. The fourth-order valence-corrected chi connectivity index (χ4v) is 5.28. The number of allylic oxidation sites excluding steroid dienone is 1. The van der Waals surface area contributed by atoms with E-state index in [0.717, 1.165) is 38.5 Å². The second-order valence-corrected chi connectivity index (χ2v) is 13.7. The number of carbonyl (C=O) groups is 3. The highest BCUT2D eigenvalue weighted by atomic mass is 31.2. The maximum absolute atomic E-state index is 12.7. The molecule has 0 spiro atoms. The number of phosphoric acid groups is 1. The van der Waals surface area contributed by atoms with Crippen molar-refractivity contribution in [1.29, 1.82) is 0 Å². The predicted octanol–water partition coefficient (Wildman–Crippen LogP) is 5.46. The first-order chi connectivity index (χ1) is 19.8. The molecule has 42 heavy (non-hydrogen) atoms. The van der Waals surface area contributed by atoms with Crippen molar-refractivity contribution in [3.05, 3.63) is 12.2 Å². The van der Waals surface area contributed by atoms with Crippen LogP contribution in [0.2, 0.25) is 0 Å². The molecule has 0 fully saturated rings. The standard InChI is InChI=1S/C31H58NO9P/c1-5-6-7-8-9-10-11-14-17-20-27(34)23-28(35)21-18-15-12-13-16-19-22-30(37)31(24-32(2,3)4)41-42(38,39)40-26-29(36)25-33/h19,22,29,31,33,36H,5-18,20-21,23-26H2,1-4H3/p+1. The van der Waals surface area contributed by atoms with Crippen LogP contribution in [0.3, 0.4) is 0 Å². The molecule has 11 heteroatoms. The summed E-state index contributed by atoms with van der Waals surface area (Å²) in [4.78, 5) is 46.8. The molecule has 0 aliphatic rings. The van der Waals surface area contributed by atoms with E-state index in [-0.39, 0.29) is 24.5 Å². The highest BCUT2D eigenvalue weighted by molar-refractivity contribution is 7.47. The monoisotopic (exact) mass is 620 g/mol. The average Bonchev–Trinajstić information content (AvgIpc) is 2.90. The van der Waals surface area contributed by atoms with Crippen molar-refractivity contribution in [2.75, 3.05) is 40.9 Å². The molecule has 0 saturated carbocycles. The van der Waals surface area contributed by atoms with Crippen molar-refractivity contribution in [2.24, 2.45) is 0 Å². The second-order valence-electron chi connectivity index (χ2n) is 12.3. The molecule has 0 aliphatic carbocycles. The number of aliphatic hydroxyl groups is 2. The fraction of sp³-hybridized carbons (Fsp3) is 0.839. The van der Waals surface area contributed by atoms with Crippen LogP contribution in [0.15, 0.2) is 12.2 Å². The largest absolute Gasteiger partial charge is 0.473 e. The van der Waals surface area contributed by atoms with Crippen molar-refractivity contribution in [3.8, 4) is 0 Å². The summed E-state index contributed by atoms with van der Waals surface area (Å²) >= 11 is 0. The molecule has 3 N–H and O–H groups in total. The summed E-state index contributed by atoms with van der Waals surface area (Å²) in [5.41, 5.74) is 0. The van der Waals surface area contributed by atoms with Gasteiger partial charge in [-0.1, -0.05) is 77.2 Å². The topological polar surface area (TPSA) is 147 Å². The van der Waals surface area contributed by atoms with Crippen LogP contribution in [0.4, 0.5) is 0 Å². The van der Waals surface area contributed by atoms with E-state index in [1.54, 1.807) is 6.08 Å². The minimum atomic E-state index is -4.63. The molecule has 10 nitrogen and oxygen atoms in total. The van der Waals surface area contributed by atoms with E-state index in [1.165, 1.54) is 51.0 Å². The Morgan fingerprint density at radius 2 is 1.33 bits per heavy atom. The van der Waals surface area contributed by atoms with Gasteiger partial charge < -0.3 is 19.6 Å². The van der Waals surface area contributed by atoms with Crippen LogP contribution >= 0.6 is 7.82 Å². The van der Waals surface area contributed by atoms with Crippen molar-refractivity contribution < 1.29 is 47.6 Å². The first-order valence-electron chi connectivity index (χ1n) is 15.8. The first kappa shape index (κ1) is 40.7. The van der Waals surface area contributed by atoms with Gasteiger partial charge in [-0.25, -0.2) is 4.57 Å². The van der Waals surface area contributed by atoms with Crippen molar-refractivity contribution in [1.82, 2.24) is 0 Å². The predicted molar refractivity (Wildman–Crippen MR) is 165 cm³/mol. The lowest BCUT2D eigenvalue weighted by molar-refractivity contribution is -0.872. The van der Waals surface area contributed by atoms with Crippen molar-refractivity contribution in [3.63, 3.8) is 0 Å². The molecule has 0 saturated heterocycles. The Labute approximate surface area is 254 Å². The van der Waals surface area contributed by atoms with Crippen LogP contribution in [0.5, 0.6) is 0 Å². The number of phosphoric ester groups is 1. The number of carbonyl (C=O) groups excluding carboxylic acids is 3. The number of unbranched alkanes of at least 4 members (excludes halogenated alkanes) is 12. The number of hydrogen-bond donors (Lipinski definition) is 3. The molecular weight excluding hydrogens is 561 g/mol. The van der Waals surface area contributed by atoms with E-state index in [0.29, 0.717) is 23.7 Å². The quantitative estimate of drug-likeness (QED) is 0.0326. The number of rotatable bonds is 29. The van der Waals surface area contributed by atoms with Crippen molar-refractivity contribution >= 4 is 25.2 Å². The molecular formula is C31H59NO9P+. The van der Waals surface area contributed by atoms with Gasteiger partial charge in [0.05, 0.1) is 40.8 Å². The third kappa shape index (κ3) is 25.3. The van der Waals surface area contributed by atoms with Crippen molar-refractivity contribution in [2.45, 2.75) is 128 Å². The minimum Gasteiger partial charge on any atom is -0.394 e. The number of nitrogens with zero attached hydrogens (tertiary/aromatic N) is 1. The highest BCUT2D eigenvalue weighted by Gasteiger charge is 2.34. The first-order valence-corrected chi connectivity index (χ1v) is 17.3. The summed E-state index contributed by atoms with van der Waals surface area (Å²) in [6, 6.07) is 0. The maximum Gasteiger partial charge on any atom is 0.473 e. The van der Waals surface area contributed by atoms with Gasteiger partial charge in [0.2, 0.25) is 0 Å². The number of likely N-dealkylation sites (N-methyl/N-ethyl adjacent to an activating group) is 1. The van der Waals surface area contributed by atoms with Crippen LogP contribution in [0, 0.1) is 0 Å². The molecule has 0 radical (unpaired) electrons. The van der Waals surface area contributed by atoms with Gasteiger partial charge in [-0.2, -0.15) is 0 Å². The van der Waals surface area contributed by atoms with E-state index in [4.69, 9.17) is 14.2 Å². The zero-order valence-corrected chi connectivity index (χ0v) is 27.5. The number of hydrogen-bond acceptors (Lipinski definition) is 8. The molecule has 0 amide bonds. The van der Waals surface area contributed by atoms with Crippen LogP contribution < -0.4 is 0 Å². The Balaban J connectivity index is 4.16. The normalized spacial score (nSPS) is 15.0. The molecule has 0 aromatic heterocycles. The lowest BCUT2D eigenvalue weighted by Crippen LogP contribution is -2.45. The minimum absolute atomic E-state index is 0.0146. The molecule has 0 bridgehead atoms. The Hall–Kier alpha value is -1.26. The molecule has 0 rings (SSSR count). The summed E-state index contributed by atoms with van der Waals surface area (Å²) in [6.07, 6.45) is 16.2. The fourth-order valence-electron chi connectivity index (χ4n) is 4.37. The van der Waals surface area contributed by atoms with Gasteiger partial charge in [0.25, 0.3) is 0 Å². The third-order valence-electron chi connectivity index (χ3n) is 6.74. The lowest BCUT2D eigenvalue weighted by atomic mass is 10.0. The second kappa shape index (κ2) is 24.1. The SMILES string of the molecule is CCCCCCCCCCCC(=O)CC(=O)CCCCCCC=CC(=O)C(C[N+](C)(C)C)OP(=O)(O)OCC(O)CO. The zero-order chi connectivity index (χ0) is 31.9. The number of quaternary nitrogens is 1. The van der Waals surface area contributed by atoms with Gasteiger partial charge >= 0.3 is 7.82 Å². The highest BCUT2D eigenvalue weighted by Crippen LogP contribution is 2.45. The van der Waals surface area contributed by atoms with Crippen LogP contribution in [-0.2, 0) is 28.0 Å². The van der Waals surface area contributed by atoms with Gasteiger partial charge in [0.1, 0.15) is 24.2 Å². The maximum atomic E-state index is 12.7. The van der Waals surface area contributed by atoms with Gasteiger partial charge in [-0.3, -0.25) is 23.4 Å². The van der Waals surface area contributed by atoms with E-state index in [1.807, 2.05) is 21.1 Å². The molecule has 0 aromatic rings. The van der Waals surface area contributed by atoms with Gasteiger partial charge in [0.15, 0.2) is 11.9 Å². The van der Waals surface area contributed by atoms with Crippen LogP contribution in [0.25, 0.3) is 0 Å². The van der Waals surface area contributed by atoms with Crippen LogP contribution in [0.1, 0.15) is 116 Å². The van der Waals surface area contributed by atoms with Gasteiger partial charge in [-0.15, -0.1) is 0 Å². The van der Waals surface area contributed by atoms with Gasteiger partial charge in [-0.05, 0) is 31.8 Å². The summed E-state index contributed by atoms with van der Waals surface area (Å²) < 4.78 is 22.3. The Bertz CT molecular complexity index is 826. The Morgan fingerprint density at radius 3 is 1.83 bits per heavy atom. The van der Waals surface area contributed by atoms with Gasteiger partial charge in [0, 0.05) is 12.8 Å². The number of aliphatic hydroxyl groups excluding tert-OH is 2. The van der Waals surface area contributed by atoms with Crippen LogP contribution in [-0.4, -0.2) is 90.0 Å². The summed E-state index contributed by atoms with van der Waals surface area (Å²) in [5, 5.41) is 18.2. The molecule has 0 aliphatic heterocycles. The van der Waals surface area contributed by atoms with E-state index >= 15 is 0 Å². The number of Topliss-reactive ketones (excluding diaryl/α,β-unsaturated/α-hetero) is 2. The summed E-state index contributed by atoms with van der Waals surface area (Å²) in [7, 11) is 0.801. The van der Waals surface area contributed by atoms with E-state index in [9.17, 15) is 28.9 Å². The zero-order valence-electron chi connectivity index (χ0n) is 26.6. The Kier molecular flexibility index (Phi) is 23.4. The third-order valence-corrected chi connectivity index (χ3v) is 7.74. The molecule has 246 valence electrons. The lowest BCUT2D eigenvalue weighted by Gasteiger charge is -2.28. The summed E-state index contributed by atoms with van der Waals surface area (Å²) in [6.45, 7) is 1.09.